The first-order valence-corrected chi connectivity index (χ1v) is 7.46. The molecule has 2 aromatic rings. The number of pyridine rings is 1. The summed E-state index contributed by atoms with van der Waals surface area (Å²) in [5.41, 5.74) is 2.61. The fourth-order valence-corrected chi connectivity index (χ4v) is 2.99. The average Bonchev–Trinajstić information content (AvgIpc) is 2.68. The van der Waals surface area contributed by atoms with Gasteiger partial charge in [-0.25, -0.2) is 4.98 Å². The maximum atomic E-state index is 10.7. The predicted octanol–water partition coefficient (Wildman–Crippen LogP) is 1.68. The lowest BCUT2D eigenvalue weighted by Gasteiger charge is -2.25. The van der Waals surface area contributed by atoms with Gasteiger partial charge in [0.15, 0.2) is 11.5 Å². The Hall–Kier alpha value is -2.60. The number of rotatable bonds is 4. The third-order valence-electron chi connectivity index (χ3n) is 4.10. The van der Waals surface area contributed by atoms with Crippen molar-refractivity contribution >= 4 is 12.1 Å². The van der Waals surface area contributed by atoms with Gasteiger partial charge in [0.1, 0.15) is 12.1 Å². The number of fused-ring (bicyclic) bond motifs is 2. The molecule has 120 valence electrons. The molecule has 0 radical (unpaired) electrons. The summed E-state index contributed by atoms with van der Waals surface area (Å²) in [5, 5.41) is 23.6. The summed E-state index contributed by atoms with van der Waals surface area (Å²) in [6, 6.07) is 6.90. The third-order valence-corrected chi connectivity index (χ3v) is 4.10. The summed E-state index contributed by atoms with van der Waals surface area (Å²) in [6.45, 7) is 0.793. The molecule has 1 unspecified atom stereocenters. The van der Waals surface area contributed by atoms with Gasteiger partial charge in [-0.15, -0.1) is 0 Å². The van der Waals surface area contributed by atoms with Crippen LogP contribution in [0.3, 0.4) is 0 Å². The van der Waals surface area contributed by atoms with Gasteiger partial charge in [0.2, 0.25) is 0 Å². The van der Waals surface area contributed by atoms with Crippen molar-refractivity contribution in [2.24, 2.45) is 0 Å². The lowest BCUT2D eigenvalue weighted by atomic mass is 9.95. The molecular weight excluding hydrogens is 294 g/mol. The number of likely N-dealkylation sites (N-methyl/N-ethyl adjacent to an activating group) is 1. The predicted molar refractivity (Wildman–Crippen MR) is 86.7 cm³/mol. The van der Waals surface area contributed by atoms with Gasteiger partial charge in [-0.3, -0.25) is 4.90 Å². The Morgan fingerprint density at radius 3 is 2.96 bits per heavy atom. The SMILES string of the molecule is CN(CC=O)CC1Nc2ncccc2Cc2ccc(O)c(O)c21. The van der Waals surface area contributed by atoms with Crippen molar-refractivity contribution in [2.45, 2.75) is 12.5 Å². The normalized spacial score (nSPS) is 16.2. The van der Waals surface area contributed by atoms with Crippen LogP contribution in [0.5, 0.6) is 11.5 Å². The molecule has 23 heavy (non-hydrogen) atoms. The quantitative estimate of drug-likeness (QED) is 0.588. The largest absolute Gasteiger partial charge is 0.504 e. The third kappa shape index (κ3) is 2.98. The molecule has 0 amide bonds. The monoisotopic (exact) mass is 313 g/mol. The van der Waals surface area contributed by atoms with E-state index in [9.17, 15) is 15.0 Å². The first kappa shape index (κ1) is 15.3. The van der Waals surface area contributed by atoms with Crippen LogP contribution in [0.2, 0.25) is 0 Å². The Kier molecular flexibility index (Phi) is 4.16. The van der Waals surface area contributed by atoms with Crippen LogP contribution in [0.25, 0.3) is 0 Å². The maximum Gasteiger partial charge on any atom is 0.163 e. The van der Waals surface area contributed by atoms with E-state index in [1.807, 2.05) is 30.1 Å². The van der Waals surface area contributed by atoms with Crippen molar-refractivity contribution in [1.82, 2.24) is 9.88 Å². The first-order valence-electron chi connectivity index (χ1n) is 7.46. The van der Waals surface area contributed by atoms with Crippen LogP contribution in [0.1, 0.15) is 22.7 Å². The summed E-state index contributed by atoms with van der Waals surface area (Å²) < 4.78 is 0. The van der Waals surface area contributed by atoms with E-state index in [1.54, 1.807) is 6.20 Å². The molecule has 0 bridgehead atoms. The molecule has 0 fully saturated rings. The lowest BCUT2D eigenvalue weighted by molar-refractivity contribution is -0.108. The molecule has 2 heterocycles. The van der Waals surface area contributed by atoms with Crippen LogP contribution in [-0.4, -0.2) is 46.5 Å². The van der Waals surface area contributed by atoms with Crippen LogP contribution in [-0.2, 0) is 11.2 Å². The summed E-state index contributed by atoms with van der Waals surface area (Å²) >= 11 is 0. The van der Waals surface area contributed by atoms with Gasteiger partial charge in [-0.2, -0.15) is 0 Å². The van der Waals surface area contributed by atoms with Crippen LogP contribution in [0.4, 0.5) is 5.82 Å². The molecule has 0 aliphatic carbocycles. The van der Waals surface area contributed by atoms with E-state index in [0.29, 0.717) is 25.1 Å². The molecule has 3 rings (SSSR count). The number of aldehydes is 1. The van der Waals surface area contributed by atoms with Gasteiger partial charge in [-0.1, -0.05) is 12.1 Å². The molecule has 0 saturated heterocycles. The molecule has 1 aromatic heterocycles. The number of aromatic hydroxyl groups is 2. The summed E-state index contributed by atoms with van der Waals surface area (Å²) in [6.07, 6.45) is 3.17. The Bertz CT molecular complexity index is 733. The zero-order valence-corrected chi connectivity index (χ0v) is 12.9. The van der Waals surface area contributed by atoms with Crippen molar-refractivity contribution in [3.05, 3.63) is 47.2 Å². The zero-order valence-electron chi connectivity index (χ0n) is 12.9. The Morgan fingerprint density at radius 1 is 1.35 bits per heavy atom. The summed E-state index contributed by atoms with van der Waals surface area (Å²) in [7, 11) is 1.83. The van der Waals surface area contributed by atoms with Crippen molar-refractivity contribution in [1.29, 1.82) is 0 Å². The number of phenolic OH excluding ortho intramolecular Hbond substituents is 2. The fraction of sp³-hybridized carbons (Fsp3) is 0.294. The number of hydrogen-bond acceptors (Lipinski definition) is 6. The Labute approximate surface area is 134 Å². The van der Waals surface area contributed by atoms with Gasteiger partial charge in [0.05, 0.1) is 12.6 Å². The van der Waals surface area contributed by atoms with Crippen molar-refractivity contribution in [3.63, 3.8) is 0 Å². The van der Waals surface area contributed by atoms with E-state index in [1.165, 1.54) is 6.07 Å². The van der Waals surface area contributed by atoms with E-state index in [0.717, 1.165) is 23.2 Å². The second kappa shape index (κ2) is 6.26. The highest BCUT2D eigenvalue weighted by molar-refractivity contribution is 5.59. The maximum absolute atomic E-state index is 10.7. The van der Waals surface area contributed by atoms with Gasteiger partial charge in [0.25, 0.3) is 0 Å². The minimum atomic E-state index is -0.279. The number of aromatic nitrogens is 1. The standard InChI is InChI=1S/C17H19N3O3/c1-20(7-8-21)10-13-15-11(4-5-14(22)16(15)23)9-12-3-2-6-18-17(12)19-13/h2-6,8,13,22-23H,7,9-10H2,1H3,(H,18,19). The smallest absolute Gasteiger partial charge is 0.163 e. The van der Waals surface area contributed by atoms with Crippen LogP contribution in [0, 0.1) is 0 Å². The number of nitrogens with one attached hydrogen (secondary N) is 1. The van der Waals surface area contributed by atoms with E-state index in [2.05, 4.69) is 10.3 Å². The molecule has 3 N–H and O–H groups in total. The van der Waals surface area contributed by atoms with Crippen molar-refractivity contribution < 1.29 is 15.0 Å². The Morgan fingerprint density at radius 2 is 2.17 bits per heavy atom. The van der Waals surface area contributed by atoms with E-state index in [4.69, 9.17) is 0 Å². The summed E-state index contributed by atoms with van der Waals surface area (Å²) in [4.78, 5) is 17.0. The van der Waals surface area contributed by atoms with Crippen molar-refractivity contribution in [2.75, 3.05) is 25.5 Å². The molecular formula is C17H19N3O3. The average molecular weight is 313 g/mol. The first-order chi connectivity index (χ1) is 11.1. The number of hydrogen-bond donors (Lipinski definition) is 3. The van der Waals surface area contributed by atoms with Gasteiger partial charge in [-0.05, 0) is 30.3 Å². The van der Waals surface area contributed by atoms with Crippen molar-refractivity contribution in [3.8, 4) is 11.5 Å². The van der Waals surface area contributed by atoms with Gasteiger partial charge < -0.3 is 20.3 Å². The van der Waals surface area contributed by atoms with Crippen LogP contribution >= 0.6 is 0 Å². The Balaban J connectivity index is 2.07. The van der Waals surface area contributed by atoms with Gasteiger partial charge >= 0.3 is 0 Å². The molecule has 0 saturated carbocycles. The van der Waals surface area contributed by atoms with Gasteiger partial charge in [0, 0.05) is 24.7 Å². The van der Waals surface area contributed by atoms with Crippen LogP contribution < -0.4 is 5.32 Å². The second-order valence-electron chi connectivity index (χ2n) is 5.78. The van der Waals surface area contributed by atoms with E-state index >= 15 is 0 Å². The van der Waals surface area contributed by atoms with E-state index < -0.39 is 0 Å². The number of anilines is 1. The fourth-order valence-electron chi connectivity index (χ4n) is 2.99. The second-order valence-corrected chi connectivity index (χ2v) is 5.78. The molecule has 1 atom stereocenters. The molecule has 6 heteroatoms. The highest BCUT2D eigenvalue weighted by atomic mass is 16.3. The highest BCUT2D eigenvalue weighted by Crippen LogP contribution is 2.40. The lowest BCUT2D eigenvalue weighted by Crippen LogP contribution is -2.30. The minimum Gasteiger partial charge on any atom is -0.504 e. The molecule has 1 aliphatic rings. The van der Waals surface area contributed by atoms with E-state index in [-0.39, 0.29) is 17.5 Å². The zero-order chi connectivity index (χ0) is 16.4. The topological polar surface area (TPSA) is 85.7 Å². The van der Waals surface area contributed by atoms with Crippen LogP contribution in [0.15, 0.2) is 30.5 Å². The molecule has 6 nitrogen and oxygen atoms in total. The minimum absolute atomic E-state index is 0.118. The number of phenols is 2. The highest BCUT2D eigenvalue weighted by Gasteiger charge is 2.27. The number of benzene rings is 1. The molecule has 1 aliphatic heterocycles. The number of nitrogens with zero attached hydrogens (tertiary/aromatic N) is 2. The summed E-state index contributed by atoms with van der Waals surface area (Å²) in [5.74, 6) is 0.493. The number of carbonyl (C=O) groups excluding carboxylic acids is 1. The number of carbonyl (C=O) groups is 1. The molecule has 1 aromatic carbocycles. The molecule has 0 spiro atoms.